The average molecular weight is 429 g/mol. The summed E-state index contributed by atoms with van der Waals surface area (Å²) in [5.41, 5.74) is 2.63. The van der Waals surface area contributed by atoms with Crippen LogP contribution in [0.5, 0.6) is 0 Å². The molecule has 0 atom stereocenters. The first-order valence-corrected chi connectivity index (χ1v) is 9.40. The van der Waals surface area contributed by atoms with E-state index in [1.54, 1.807) is 5.38 Å². The van der Waals surface area contributed by atoms with Gasteiger partial charge in [0.25, 0.3) is 0 Å². The molecule has 0 amide bonds. The lowest BCUT2D eigenvalue weighted by Gasteiger charge is -2.06. The number of thiazole rings is 1. The highest BCUT2D eigenvalue weighted by Crippen LogP contribution is 2.31. The molecular weight excluding hydrogens is 417 g/mol. The van der Waals surface area contributed by atoms with E-state index < -0.39 is 5.97 Å². The molecule has 0 aliphatic heterocycles. The largest absolute Gasteiger partial charge is 0.454 e. The van der Waals surface area contributed by atoms with Crippen molar-refractivity contribution < 1.29 is 9.53 Å². The van der Waals surface area contributed by atoms with Crippen molar-refractivity contribution in [2.24, 2.45) is 0 Å². The number of esters is 1. The van der Waals surface area contributed by atoms with Crippen LogP contribution in [0.15, 0.2) is 35.8 Å². The topological polar surface area (TPSA) is 64.1 Å². The molecular formula is C17H12Cl3N3O2S. The minimum atomic E-state index is -0.699. The summed E-state index contributed by atoms with van der Waals surface area (Å²) in [5.74, 6) is -0.699. The lowest BCUT2D eigenvalue weighted by atomic mass is 10.2. The van der Waals surface area contributed by atoms with Gasteiger partial charge in [-0.05, 0) is 19.1 Å². The molecule has 2 aromatic heterocycles. The maximum absolute atomic E-state index is 12.1. The van der Waals surface area contributed by atoms with Crippen molar-refractivity contribution in [2.75, 3.05) is 5.32 Å². The number of anilines is 2. The van der Waals surface area contributed by atoms with E-state index >= 15 is 0 Å². The number of hydrogen-bond acceptors (Lipinski definition) is 6. The van der Waals surface area contributed by atoms with Gasteiger partial charge < -0.3 is 10.1 Å². The van der Waals surface area contributed by atoms with E-state index in [-0.39, 0.29) is 27.4 Å². The van der Waals surface area contributed by atoms with E-state index in [4.69, 9.17) is 39.5 Å². The monoisotopic (exact) mass is 427 g/mol. The molecule has 134 valence electrons. The van der Waals surface area contributed by atoms with Crippen LogP contribution in [0.4, 0.5) is 10.8 Å². The Bertz CT molecular complexity index is 945. The minimum absolute atomic E-state index is 0.0107. The SMILES string of the molecule is Cc1ccc(Nc2nc(COC(=O)c3ncc(Cl)c(Cl)c3Cl)cs2)cc1. The van der Waals surface area contributed by atoms with Crippen LogP contribution in [-0.4, -0.2) is 15.9 Å². The first kappa shape index (κ1) is 18.9. The summed E-state index contributed by atoms with van der Waals surface area (Å²) in [6.07, 6.45) is 1.25. The van der Waals surface area contributed by atoms with Crippen molar-refractivity contribution in [3.63, 3.8) is 0 Å². The Labute approximate surface area is 168 Å². The van der Waals surface area contributed by atoms with Gasteiger partial charge in [0.1, 0.15) is 6.61 Å². The van der Waals surface area contributed by atoms with E-state index in [0.29, 0.717) is 10.8 Å². The number of nitrogens with one attached hydrogen (secondary N) is 1. The minimum Gasteiger partial charge on any atom is -0.454 e. The van der Waals surface area contributed by atoms with E-state index in [1.807, 2.05) is 31.2 Å². The van der Waals surface area contributed by atoms with Crippen molar-refractivity contribution in [3.8, 4) is 0 Å². The van der Waals surface area contributed by atoms with Gasteiger partial charge in [0.05, 0.1) is 20.8 Å². The second-order valence-corrected chi connectivity index (χ2v) is 7.32. The maximum Gasteiger partial charge on any atom is 0.358 e. The Balaban J connectivity index is 1.62. The predicted octanol–water partition coefficient (Wildman–Crippen LogP) is 5.91. The van der Waals surface area contributed by atoms with Gasteiger partial charge in [-0.1, -0.05) is 52.5 Å². The fraction of sp³-hybridized carbons (Fsp3) is 0.118. The van der Waals surface area contributed by atoms with Crippen molar-refractivity contribution in [2.45, 2.75) is 13.5 Å². The van der Waals surface area contributed by atoms with Gasteiger partial charge in [-0.2, -0.15) is 0 Å². The molecule has 1 aromatic carbocycles. The van der Waals surface area contributed by atoms with Crippen LogP contribution < -0.4 is 5.32 Å². The van der Waals surface area contributed by atoms with E-state index in [0.717, 1.165) is 5.69 Å². The standard InChI is InChI=1S/C17H12Cl3N3O2S/c1-9-2-4-10(5-3-9)22-17-23-11(8-26-17)7-25-16(24)15-14(20)13(19)12(18)6-21-15/h2-6,8H,7H2,1H3,(H,22,23). The summed E-state index contributed by atoms with van der Waals surface area (Å²) in [6.45, 7) is 2.01. The highest BCUT2D eigenvalue weighted by atomic mass is 35.5. The third kappa shape index (κ3) is 4.45. The summed E-state index contributed by atoms with van der Waals surface area (Å²) in [4.78, 5) is 20.4. The molecule has 2 heterocycles. The number of rotatable bonds is 5. The Morgan fingerprint density at radius 3 is 2.65 bits per heavy atom. The molecule has 0 fully saturated rings. The lowest BCUT2D eigenvalue weighted by molar-refractivity contribution is 0.0462. The molecule has 3 aromatic rings. The number of carbonyl (C=O) groups excluding carboxylic acids is 1. The highest BCUT2D eigenvalue weighted by molar-refractivity contribution is 7.13. The lowest BCUT2D eigenvalue weighted by Crippen LogP contribution is -2.08. The Morgan fingerprint density at radius 2 is 1.92 bits per heavy atom. The summed E-state index contributed by atoms with van der Waals surface area (Å²) in [5, 5.41) is 5.89. The normalized spacial score (nSPS) is 10.6. The third-order valence-corrected chi connectivity index (χ3v) is 5.36. The molecule has 0 bridgehead atoms. The van der Waals surface area contributed by atoms with Crippen LogP contribution in [0.2, 0.25) is 15.1 Å². The van der Waals surface area contributed by atoms with Crippen LogP contribution in [-0.2, 0) is 11.3 Å². The van der Waals surface area contributed by atoms with E-state index in [2.05, 4.69) is 15.3 Å². The maximum atomic E-state index is 12.1. The number of pyridine rings is 1. The Kier molecular flexibility index (Phi) is 5.98. The van der Waals surface area contributed by atoms with E-state index in [1.165, 1.54) is 23.1 Å². The smallest absolute Gasteiger partial charge is 0.358 e. The van der Waals surface area contributed by atoms with Gasteiger partial charge in [0.15, 0.2) is 10.8 Å². The number of hydrogen-bond donors (Lipinski definition) is 1. The molecule has 5 nitrogen and oxygen atoms in total. The van der Waals surface area contributed by atoms with Crippen LogP contribution in [0, 0.1) is 6.92 Å². The highest BCUT2D eigenvalue weighted by Gasteiger charge is 2.19. The molecule has 0 aliphatic rings. The molecule has 26 heavy (non-hydrogen) atoms. The van der Waals surface area contributed by atoms with Gasteiger partial charge >= 0.3 is 5.97 Å². The van der Waals surface area contributed by atoms with Gasteiger partial charge in [0, 0.05) is 17.3 Å². The van der Waals surface area contributed by atoms with Crippen molar-refractivity contribution >= 4 is 62.9 Å². The van der Waals surface area contributed by atoms with Crippen molar-refractivity contribution in [3.05, 3.63) is 67.9 Å². The second-order valence-electron chi connectivity index (χ2n) is 5.29. The van der Waals surface area contributed by atoms with Crippen LogP contribution >= 0.6 is 46.1 Å². The molecule has 0 aliphatic carbocycles. The molecule has 3 rings (SSSR count). The quantitative estimate of drug-likeness (QED) is 0.512. The van der Waals surface area contributed by atoms with E-state index in [9.17, 15) is 4.79 Å². The number of benzene rings is 1. The molecule has 0 radical (unpaired) electrons. The fourth-order valence-corrected chi connectivity index (χ4v) is 3.26. The molecule has 1 N–H and O–H groups in total. The zero-order valence-corrected chi connectivity index (χ0v) is 16.5. The van der Waals surface area contributed by atoms with Crippen LogP contribution in [0.3, 0.4) is 0 Å². The number of halogens is 3. The van der Waals surface area contributed by atoms with Gasteiger partial charge in [-0.3, -0.25) is 0 Å². The zero-order valence-electron chi connectivity index (χ0n) is 13.4. The summed E-state index contributed by atoms with van der Waals surface area (Å²) in [6, 6.07) is 7.95. The third-order valence-electron chi connectivity index (χ3n) is 3.32. The summed E-state index contributed by atoms with van der Waals surface area (Å²) in [7, 11) is 0. The number of aromatic nitrogens is 2. The van der Waals surface area contributed by atoms with Gasteiger partial charge in [-0.15, -0.1) is 11.3 Å². The summed E-state index contributed by atoms with van der Waals surface area (Å²) >= 11 is 19.1. The predicted molar refractivity (Wildman–Crippen MR) is 105 cm³/mol. The van der Waals surface area contributed by atoms with Crippen molar-refractivity contribution in [1.29, 1.82) is 0 Å². The Hall–Kier alpha value is -1.86. The molecule has 0 saturated heterocycles. The molecule has 0 spiro atoms. The number of nitrogens with zero attached hydrogens (tertiary/aromatic N) is 2. The zero-order chi connectivity index (χ0) is 18.7. The average Bonchev–Trinajstić information content (AvgIpc) is 3.07. The number of ether oxygens (including phenoxy) is 1. The van der Waals surface area contributed by atoms with Crippen molar-refractivity contribution in [1.82, 2.24) is 9.97 Å². The van der Waals surface area contributed by atoms with Gasteiger partial charge in [0.2, 0.25) is 0 Å². The molecule has 0 unspecified atom stereocenters. The van der Waals surface area contributed by atoms with Gasteiger partial charge in [-0.25, -0.2) is 14.8 Å². The molecule has 9 heteroatoms. The fourth-order valence-electron chi connectivity index (χ4n) is 1.98. The number of carbonyl (C=O) groups is 1. The van der Waals surface area contributed by atoms with Crippen LogP contribution in [0.25, 0.3) is 0 Å². The Morgan fingerprint density at radius 1 is 1.19 bits per heavy atom. The second kappa shape index (κ2) is 8.22. The number of aryl methyl sites for hydroxylation is 1. The summed E-state index contributed by atoms with van der Waals surface area (Å²) < 4.78 is 5.20. The first-order valence-electron chi connectivity index (χ1n) is 7.38. The van der Waals surface area contributed by atoms with Crippen LogP contribution in [0.1, 0.15) is 21.7 Å². The molecule has 0 saturated carbocycles. The first-order chi connectivity index (χ1) is 12.4.